The van der Waals surface area contributed by atoms with E-state index in [0.717, 1.165) is 39.0 Å². The van der Waals surface area contributed by atoms with Crippen molar-refractivity contribution >= 4 is 5.91 Å². The SMILES string of the molecule is CC(C)(O)CN1CCN(C(=O)C2CCc3ccccc32)CC1. The highest BCUT2D eigenvalue weighted by Crippen LogP contribution is 2.34. The minimum atomic E-state index is -0.670. The van der Waals surface area contributed by atoms with Crippen LogP contribution >= 0.6 is 0 Å². The number of nitrogens with zero attached hydrogens (tertiary/aromatic N) is 2. The molecule has 1 N–H and O–H groups in total. The molecule has 0 aromatic heterocycles. The first-order valence-electron chi connectivity index (χ1n) is 8.25. The van der Waals surface area contributed by atoms with Gasteiger partial charge in [-0.2, -0.15) is 0 Å². The fourth-order valence-electron chi connectivity index (χ4n) is 3.71. The summed E-state index contributed by atoms with van der Waals surface area (Å²) in [6.45, 7) is 7.58. The van der Waals surface area contributed by atoms with E-state index in [1.54, 1.807) is 0 Å². The molecule has 0 spiro atoms. The van der Waals surface area contributed by atoms with Gasteiger partial charge in [-0.05, 0) is 37.8 Å². The van der Waals surface area contributed by atoms with Crippen LogP contribution in [0, 0.1) is 0 Å². The van der Waals surface area contributed by atoms with Gasteiger partial charge in [0.15, 0.2) is 0 Å². The van der Waals surface area contributed by atoms with Gasteiger partial charge in [0, 0.05) is 32.7 Å². The summed E-state index contributed by atoms with van der Waals surface area (Å²) < 4.78 is 0. The summed E-state index contributed by atoms with van der Waals surface area (Å²) in [6.07, 6.45) is 1.97. The lowest BCUT2D eigenvalue weighted by atomic mass is 9.99. The second-order valence-corrected chi connectivity index (χ2v) is 7.20. The Labute approximate surface area is 132 Å². The van der Waals surface area contributed by atoms with Gasteiger partial charge in [0.05, 0.1) is 11.5 Å². The molecule has 2 aliphatic rings. The predicted octanol–water partition coefficient (Wildman–Crippen LogP) is 1.63. The van der Waals surface area contributed by atoms with Gasteiger partial charge in [-0.25, -0.2) is 0 Å². The Bertz CT molecular complexity index is 542. The summed E-state index contributed by atoms with van der Waals surface area (Å²) in [7, 11) is 0. The third-order valence-electron chi connectivity index (χ3n) is 4.73. The van der Waals surface area contributed by atoms with E-state index < -0.39 is 5.60 Å². The van der Waals surface area contributed by atoms with Crippen molar-refractivity contribution in [1.29, 1.82) is 0 Å². The smallest absolute Gasteiger partial charge is 0.230 e. The summed E-state index contributed by atoms with van der Waals surface area (Å²) in [5.41, 5.74) is 1.89. The van der Waals surface area contributed by atoms with Crippen molar-refractivity contribution in [2.24, 2.45) is 0 Å². The number of hydrogen-bond acceptors (Lipinski definition) is 3. The number of aliphatic hydroxyl groups is 1. The van der Waals surface area contributed by atoms with Crippen molar-refractivity contribution in [3.05, 3.63) is 35.4 Å². The lowest BCUT2D eigenvalue weighted by Gasteiger charge is -2.38. The van der Waals surface area contributed by atoms with Crippen LogP contribution in [0.4, 0.5) is 0 Å². The van der Waals surface area contributed by atoms with E-state index in [2.05, 4.69) is 23.1 Å². The van der Waals surface area contributed by atoms with Gasteiger partial charge >= 0.3 is 0 Å². The molecule has 1 aliphatic carbocycles. The van der Waals surface area contributed by atoms with Crippen LogP contribution in [-0.4, -0.2) is 59.1 Å². The Hall–Kier alpha value is -1.39. The molecule has 0 radical (unpaired) electrons. The fraction of sp³-hybridized carbons (Fsp3) is 0.611. The zero-order valence-corrected chi connectivity index (χ0v) is 13.6. The zero-order chi connectivity index (χ0) is 15.7. The predicted molar refractivity (Wildman–Crippen MR) is 86.8 cm³/mol. The van der Waals surface area contributed by atoms with Gasteiger partial charge in [0.1, 0.15) is 0 Å². The molecule has 3 rings (SSSR count). The molecule has 1 unspecified atom stereocenters. The molecule has 1 atom stereocenters. The summed E-state index contributed by atoms with van der Waals surface area (Å²) >= 11 is 0. The molecule has 4 heteroatoms. The summed E-state index contributed by atoms with van der Waals surface area (Å²) in [4.78, 5) is 17.1. The van der Waals surface area contributed by atoms with Crippen LogP contribution in [0.25, 0.3) is 0 Å². The highest BCUT2D eigenvalue weighted by molar-refractivity contribution is 5.85. The van der Waals surface area contributed by atoms with Crippen LogP contribution in [0.1, 0.15) is 37.3 Å². The number of amides is 1. The second-order valence-electron chi connectivity index (χ2n) is 7.20. The Morgan fingerprint density at radius 2 is 1.91 bits per heavy atom. The molecule has 120 valence electrons. The van der Waals surface area contributed by atoms with Gasteiger partial charge in [-0.1, -0.05) is 24.3 Å². The van der Waals surface area contributed by atoms with Gasteiger partial charge < -0.3 is 10.0 Å². The lowest BCUT2D eigenvalue weighted by Crippen LogP contribution is -2.52. The molecule has 22 heavy (non-hydrogen) atoms. The molecule has 1 saturated heterocycles. The minimum Gasteiger partial charge on any atom is -0.389 e. The number of hydrogen-bond donors (Lipinski definition) is 1. The van der Waals surface area contributed by atoms with Gasteiger partial charge in [-0.15, -0.1) is 0 Å². The number of β-amino-alcohol motifs (C(OH)–C–C–N with tert-alkyl or cyclic N) is 1. The zero-order valence-electron chi connectivity index (χ0n) is 13.6. The summed E-state index contributed by atoms with van der Waals surface area (Å²) in [5.74, 6) is 0.338. The molecule has 1 heterocycles. The molecule has 4 nitrogen and oxygen atoms in total. The Morgan fingerprint density at radius 1 is 1.23 bits per heavy atom. The third kappa shape index (κ3) is 3.33. The van der Waals surface area contributed by atoms with E-state index >= 15 is 0 Å². The van der Waals surface area contributed by atoms with Crippen molar-refractivity contribution in [2.45, 2.75) is 38.2 Å². The first kappa shape index (κ1) is 15.5. The summed E-state index contributed by atoms with van der Waals surface area (Å²) in [5, 5.41) is 9.90. The van der Waals surface area contributed by atoms with Gasteiger partial charge in [0.25, 0.3) is 0 Å². The van der Waals surface area contributed by atoms with E-state index in [1.165, 1.54) is 11.1 Å². The van der Waals surface area contributed by atoms with Crippen molar-refractivity contribution in [2.75, 3.05) is 32.7 Å². The quantitative estimate of drug-likeness (QED) is 0.923. The Morgan fingerprint density at radius 3 is 2.59 bits per heavy atom. The van der Waals surface area contributed by atoms with Crippen LogP contribution in [0.2, 0.25) is 0 Å². The van der Waals surface area contributed by atoms with Crippen LogP contribution in [0.5, 0.6) is 0 Å². The first-order valence-corrected chi connectivity index (χ1v) is 8.25. The standard InChI is InChI=1S/C18H26N2O2/c1-18(2,22)13-19-9-11-20(12-10-19)17(21)16-8-7-14-5-3-4-6-15(14)16/h3-6,16,22H,7-13H2,1-2H3. The molecule has 1 aromatic carbocycles. The van der Waals surface area contributed by atoms with Crippen molar-refractivity contribution in [3.8, 4) is 0 Å². The average molecular weight is 302 g/mol. The average Bonchev–Trinajstić information content (AvgIpc) is 2.89. The number of aryl methyl sites for hydroxylation is 1. The second kappa shape index (κ2) is 6.01. The van der Waals surface area contributed by atoms with Gasteiger partial charge in [0.2, 0.25) is 5.91 Å². The van der Waals surface area contributed by atoms with E-state index in [4.69, 9.17) is 0 Å². The molecule has 1 aliphatic heterocycles. The number of fused-ring (bicyclic) bond motifs is 1. The van der Waals surface area contributed by atoms with E-state index in [1.807, 2.05) is 24.8 Å². The fourth-order valence-corrected chi connectivity index (χ4v) is 3.71. The maximum Gasteiger partial charge on any atom is 0.230 e. The van der Waals surface area contributed by atoms with Crippen molar-refractivity contribution < 1.29 is 9.90 Å². The normalized spacial score (nSPS) is 22.7. The van der Waals surface area contributed by atoms with Crippen LogP contribution in [-0.2, 0) is 11.2 Å². The first-order chi connectivity index (χ1) is 10.4. The van der Waals surface area contributed by atoms with Crippen molar-refractivity contribution in [3.63, 3.8) is 0 Å². The molecule has 0 bridgehead atoms. The highest BCUT2D eigenvalue weighted by Gasteiger charge is 2.33. The van der Waals surface area contributed by atoms with E-state index in [-0.39, 0.29) is 11.8 Å². The molecule has 0 saturated carbocycles. The highest BCUT2D eigenvalue weighted by atomic mass is 16.3. The van der Waals surface area contributed by atoms with E-state index in [0.29, 0.717) is 6.54 Å². The minimum absolute atomic E-state index is 0.0528. The monoisotopic (exact) mass is 302 g/mol. The van der Waals surface area contributed by atoms with Crippen LogP contribution in [0.15, 0.2) is 24.3 Å². The number of rotatable bonds is 3. The molecule has 1 fully saturated rings. The molecule has 1 amide bonds. The van der Waals surface area contributed by atoms with E-state index in [9.17, 15) is 9.90 Å². The van der Waals surface area contributed by atoms with Crippen LogP contribution in [0.3, 0.4) is 0 Å². The van der Waals surface area contributed by atoms with Gasteiger partial charge in [-0.3, -0.25) is 9.69 Å². The molecule has 1 aromatic rings. The lowest BCUT2D eigenvalue weighted by molar-refractivity contribution is -0.134. The number of carbonyl (C=O) groups is 1. The van der Waals surface area contributed by atoms with Crippen molar-refractivity contribution in [1.82, 2.24) is 9.80 Å². The molecular weight excluding hydrogens is 276 g/mol. The summed E-state index contributed by atoms with van der Waals surface area (Å²) in [6, 6.07) is 8.34. The molecular formula is C18H26N2O2. The van der Waals surface area contributed by atoms with Crippen LogP contribution < -0.4 is 0 Å². The third-order valence-corrected chi connectivity index (χ3v) is 4.73. The largest absolute Gasteiger partial charge is 0.389 e. The number of piperazine rings is 1. The number of carbonyl (C=O) groups excluding carboxylic acids is 1. The maximum atomic E-state index is 12.8. The maximum absolute atomic E-state index is 12.8. The topological polar surface area (TPSA) is 43.8 Å². The number of benzene rings is 1. The Kier molecular flexibility index (Phi) is 4.24. The Balaban J connectivity index is 1.59.